The van der Waals surface area contributed by atoms with Gasteiger partial charge in [0.2, 0.25) is 5.91 Å². The van der Waals surface area contributed by atoms with E-state index in [1.165, 1.54) is 12.8 Å². The number of nitrogens with zero attached hydrogens (tertiary/aromatic N) is 3. The van der Waals surface area contributed by atoms with Crippen LogP contribution in [-0.4, -0.2) is 70.1 Å². The molecule has 1 saturated carbocycles. The van der Waals surface area contributed by atoms with Crippen LogP contribution in [0.3, 0.4) is 0 Å². The van der Waals surface area contributed by atoms with E-state index in [2.05, 4.69) is 20.4 Å². The molecular weight excluding hydrogens is 306 g/mol. The number of H-pyrrole nitrogens is 1. The van der Waals surface area contributed by atoms with Gasteiger partial charge in [0.1, 0.15) is 5.69 Å². The van der Waals surface area contributed by atoms with E-state index in [-0.39, 0.29) is 17.4 Å². The minimum Gasteiger partial charge on any atom is -0.348 e. The van der Waals surface area contributed by atoms with E-state index < -0.39 is 0 Å². The second kappa shape index (κ2) is 6.20. The predicted octanol–water partition coefficient (Wildman–Crippen LogP) is 0.616. The minimum atomic E-state index is -0.309. The summed E-state index contributed by atoms with van der Waals surface area (Å²) in [5.74, 6) is 0.889. The lowest BCUT2D eigenvalue weighted by atomic mass is 9.87. The molecule has 24 heavy (non-hydrogen) atoms. The molecule has 0 bridgehead atoms. The van der Waals surface area contributed by atoms with E-state index in [1.54, 1.807) is 12.3 Å². The van der Waals surface area contributed by atoms with E-state index in [1.807, 2.05) is 4.90 Å². The SMILES string of the molecule is O=C1CCCC2(CN(CC3CC3)CCN(C(=O)c3ccn[nH]3)C2)N1. The number of aromatic amines is 1. The first kappa shape index (κ1) is 15.6. The Morgan fingerprint density at radius 1 is 1.33 bits per heavy atom. The zero-order valence-corrected chi connectivity index (χ0v) is 14.0. The molecule has 1 aliphatic carbocycles. The number of amides is 2. The van der Waals surface area contributed by atoms with Gasteiger partial charge in [-0.2, -0.15) is 5.10 Å². The fourth-order valence-corrected chi connectivity index (χ4v) is 4.05. The summed E-state index contributed by atoms with van der Waals surface area (Å²) in [7, 11) is 0. The largest absolute Gasteiger partial charge is 0.348 e. The molecule has 3 fully saturated rings. The third-order valence-corrected chi connectivity index (χ3v) is 5.40. The van der Waals surface area contributed by atoms with Gasteiger partial charge in [-0.1, -0.05) is 0 Å². The van der Waals surface area contributed by atoms with Crippen molar-refractivity contribution in [1.29, 1.82) is 0 Å². The first-order valence-electron chi connectivity index (χ1n) is 8.96. The van der Waals surface area contributed by atoms with Crippen LogP contribution < -0.4 is 5.32 Å². The third-order valence-electron chi connectivity index (χ3n) is 5.40. The van der Waals surface area contributed by atoms with E-state index in [9.17, 15) is 9.59 Å². The summed E-state index contributed by atoms with van der Waals surface area (Å²) >= 11 is 0. The summed E-state index contributed by atoms with van der Waals surface area (Å²) in [6.07, 6.45) is 6.66. The molecule has 2 saturated heterocycles. The number of nitrogens with one attached hydrogen (secondary N) is 2. The number of carbonyl (C=O) groups is 2. The Morgan fingerprint density at radius 3 is 2.92 bits per heavy atom. The van der Waals surface area contributed by atoms with Gasteiger partial charge in [0.25, 0.3) is 5.91 Å². The molecule has 3 heterocycles. The van der Waals surface area contributed by atoms with Crippen LogP contribution in [0.5, 0.6) is 0 Å². The Hall–Kier alpha value is -1.89. The Bertz CT molecular complexity index is 613. The van der Waals surface area contributed by atoms with Gasteiger partial charge in [-0.3, -0.25) is 19.6 Å². The smallest absolute Gasteiger partial charge is 0.271 e. The minimum absolute atomic E-state index is 0.0278. The number of piperidine rings is 1. The normalized spacial score (nSPS) is 28.7. The average molecular weight is 331 g/mol. The van der Waals surface area contributed by atoms with E-state index in [0.717, 1.165) is 38.4 Å². The molecule has 3 aliphatic rings. The van der Waals surface area contributed by atoms with Crippen molar-refractivity contribution in [2.24, 2.45) is 5.92 Å². The Kier molecular flexibility index (Phi) is 4.04. The molecular formula is C17H25N5O2. The number of rotatable bonds is 3. The lowest BCUT2D eigenvalue weighted by molar-refractivity contribution is -0.125. The highest BCUT2D eigenvalue weighted by molar-refractivity contribution is 5.92. The summed E-state index contributed by atoms with van der Waals surface area (Å²) < 4.78 is 0. The van der Waals surface area contributed by atoms with Gasteiger partial charge in [-0.25, -0.2) is 0 Å². The van der Waals surface area contributed by atoms with Gasteiger partial charge in [0, 0.05) is 45.3 Å². The summed E-state index contributed by atoms with van der Waals surface area (Å²) in [6, 6.07) is 1.71. The summed E-state index contributed by atoms with van der Waals surface area (Å²) in [6.45, 7) is 4.08. The lowest BCUT2D eigenvalue weighted by Gasteiger charge is -2.41. The Balaban J connectivity index is 1.55. The van der Waals surface area contributed by atoms with Crippen molar-refractivity contribution in [3.8, 4) is 0 Å². The molecule has 1 aromatic heterocycles. The van der Waals surface area contributed by atoms with Gasteiger partial charge in [-0.15, -0.1) is 0 Å². The van der Waals surface area contributed by atoms with Crippen LogP contribution in [0.4, 0.5) is 0 Å². The van der Waals surface area contributed by atoms with Crippen molar-refractivity contribution in [2.45, 2.75) is 37.6 Å². The first-order valence-corrected chi connectivity index (χ1v) is 8.96. The topological polar surface area (TPSA) is 81.3 Å². The van der Waals surface area contributed by atoms with Crippen LogP contribution in [0.2, 0.25) is 0 Å². The van der Waals surface area contributed by atoms with Crippen molar-refractivity contribution >= 4 is 11.8 Å². The van der Waals surface area contributed by atoms with E-state index in [4.69, 9.17) is 0 Å². The monoisotopic (exact) mass is 331 g/mol. The predicted molar refractivity (Wildman–Crippen MR) is 88.4 cm³/mol. The number of hydrogen-bond acceptors (Lipinski definition) is 4. The molecule has 2 amide bonds. The van der Waals surface area contributed by atoms with Crippen molar-refractivity contribution in [1.82, 2.24) is 25.3 Å². The second-order valence-corrected chi connectivity index (χ2v) is 7.56. The highest BCUT2D eigenvalue weighted by Crippen LogP contribution is 2.32. The zero-order chi connectivity index (χ0) is 16.6. The maximum Gasteiger partial charge on any atom is 0.271 e. The van der Waals surface area contributed by atoms with Crippen molar-refractivity contribution in [3.63, 3.8) is 0 Å². The standard InChI is InChI=1S/C17H25N5O2/c23-15-2-1-6-17(19-15)11-21(10-13-3-4-13)8-9-22(12-17)16(24)14-5-7-18-20-14/h5,7,13H,1-4,6,8-12H2,(H,18,20)(H,19,23). The molecule has 7 nitrogen and oxygen atoms in total. The van der Waals surface area contributed by atoms with Crippen LogP contribution in [0, 0.1) is 5.92 Å². The quantitative estimate of drug-likeness (QED) is 0.851. The molecule has 0 radical (unpaired) electrons. The average Bonchev–Trinajstić information content (AvgIpc) is 3.23. The molecule has 1 atom stereocenters. The molecule has 0 aromatic carbocycles. The molecule has 1 unspecified atom stereocenters. The Morgan fingerprint density at radius 2 is 2.21 bits per heavy atom. The first-order chi connectivity index (χ1) is 11.6. The van der Waals surface area contributed by atoms with Crippen LogP contribution in [0.1, 0.15) is 42.6 Å². The molecule has 1 aromatic rings. The highest BCUT2D eigenvalue weighted by atomic mass is 16.2. The molecule has 1 spiro atoms. The zero-order valence-electron chi connectivity index (χ0n) is 14.0. The van der Waals surface area contributed by atoms with Gasteiger partial charge >= 0.3 is 0 Å². The van der Waals surface area contributed by atoms with Crippen LogP contribution in [0.15, 0.2) is 12.3 Å². The Labute approximate surface area is 141 Å². The molecule has 7 heteroatoms. The van der Waals surface area contributed by atoms with E-state index >= 15 is 0 Å². The van der Waals surface area contributed by atoms with Gasteiger partial charge < -0.3 is 10.2 Å². The highest BCUT2D eigenvalue weighted by Gasteiger charge is 2.42. The van der Waals surface area contributed by atoms with Crippen molar-refractivity contribution < 1.29 is 9.59 Å². The molecule has 2 aliphatic heterocycles. The van der Waals surface area contributed by atoms with Gasteiger partial charge in [-0.05, 0) is 37.7 Å². The van der Waals surface area contributed by atoms with E-state index in [0.29, 0.717) is 25.2 Å². The fraction of sp³-hybridized carbons (Fsp3) is 0.706. The van der Waals surface area contributed by atoms with Crippen molar-refractivity contribution in [2.75, 3.05) is 32.7 Å². The summed E-state index contributed by atoms with van der Waals surface area (Å²) in [5.41, 5.74) is 0.207. The number of hydrogen-bond donors (Lipinski definition) is 2. The van der Waals surface area contributed by atoms with Crippen molar-refractivity contribution in [3.05, 3.63) is 18.0 Å². The second-order valence-electron chi connectivity index (χ2n) is 7.56. The maximum atomic E-state index is 12.8. The number of carbonyl (C=O) groups excluding carboxylic acids is 2. The van der Waals surface area contributed by atoms with Crippen LogP contribution in [0.25, 0.3) is 0 Å². The van der Waals surface area contributed by atoms with Crippen LogP contribution >= 0.6 is 0 Å². The lowest BCUT2D eigenvalue weighted by Crippen LogP contribution is -2.61. The maximum absolute atomic E-state index is 12.8. The molecule has 2 N–H and O–H groups in total. The summed E-state index contributed by atoms with van der Waals surface area (Å²) in [5, 5.41) is 9.88. The molecule has 4 rings (SSSR count). The van der Waals surface area contributed by atoms with Crippen LogP contribution in [-0.2, 0) is 4.79 Å². The fourth-order valence-electron chi connectivity index (χ4n) is 4.05. The number of aromatic nitrogens is 2. The van der Waals surface area contributed by atoms with Gasteiger partial charge in [0.05, 0.1) is 5.54 Å². The van der Waals surface area contributed by atoms with Gasteiger partial charge in [0.15, 0.2) is 0 Å². The summed E-state index contributed by atoms with van der Waals surface area (Å²) in [4.78, 5) is 29.2. The third kappa shape index (κ3) is 3.31. The molecule has 130 valence electrons.